The van der Waals surface area contributed by atoms with Crippen LogP contribution in [0, 0.1) is 0 Å². The van der Waals surface area contributed by atoms with Gasteiger partial charge in [-0.15, -0.1) is 5.06 Å². The van der Waals surface area contributed by atoms with Gasteiger partial charge >= 0.3 is 0 Å². The normalized spacial score (nSPS) is 17.7. The van der Waals surface area contributed by atoms with Crippen molar-refractivity contribution in [1.82, 2.24) is 5.06 Å². The lowest BCUT2D eigenvalue weighted by Crippen LogP contribution is -2.26. The fourth-order valence-corrected chi connectivity index (χ4v) is 0.625. The molecule has 1 N–H and O–H groups in total. The van der Waals surface area contributed by atoms with Crippen LogP contribution in [-0.2, 0) is 9.59 Å². The minimum Gasteiger partial charge on any atom is -0.278 e. The Balaban J connectivity index is 2.99. The molecule has 10 heavy (non-hydrogen) atoms. The molecule has 1 aliphatic heterocycles. The molecule has 0 aromatic rings. The molecule has 0 saturated heterocycles. The number of carbonyl (C=O) groups excluding carboxylic acids is 2. The van der Waals surface area contributed by atoms with Gasteiger partial charge in [0.05, 0.1) is 0 Å². The molecule has 0 fully saturated rings. The largest absolute Gasteiger partial charge is 0.285 e. The summed E-state index contributed by atoms with van der Waals surface area (Å²) in [7, 11) is 0. The number of hydrogen-bond donors (Lipinski definition) is 1. The van der Waals surface area contributed by atoms with Gasteiger partial charge in [0, 0.05) is 11.6 Å². The summed E-state index contributed by atoms with van der Waals surface area (Å²) in [5.74, 6) is -1.44. The minimum absolute atomic E-state index is 0.0526. The zero-order chi connectivity index (χ0) is 7.72. The average Bonchev–Trinajstić information content (AvgIpc) is 2.17. The Hall–Kier alpha value is -1.42. The fourth-order valence-electron chi connectivity index (χ4n) is 0.625. The van der Waals surface area contributed by atoms with Gasteiger partial charge in [0.1, 0.15) is 0 Å². The first-order valence-electron chi connectivity index (χ1n) is 2.58. The van der Waals surface area contributed by atoms with E-state index in [1.807, 2.05) is 0 Å². The Morgan fingerprint density at radius 2 is 2.20 bits per heavy atom. The van der Waals surface area contributed by atoms with E-state index >= 15 is 0 Å². The highest BCUT2D eigenvalue weighted by molar-refractivity contribution is 6.16. The molecule has 0 spiro atoms. The molecule has 0 saturated carbocycles. The molecule has 1 heterocycles. The van der Waals surface area contributed by atoms with Crippen molar-refractivity contribution < 1.29 is 14.8 Å². The zero-order valence-electron chi connectivity index (χ0n) is 5.07. The number of hydroxylamine groups is 2. The summed E-state index contributed by atoms with van der Waals surface area (Å²) in [6, 6.07) is 0. The molecule has 0 aromatic heterocycles. The maximum atomic E-state index is 10.7. The Bertz CT molecular complexity index is 241. The van der Waals surface area contributed by atoms with Gasteiger partial charge in [0.15, 0.2) is 0 Å². The summed E-state index contributed by atoms with van der Waals surface area (Å²) in [5, 5.41) is 8.65. The Morgan fingerprint density at radius 1 is 1.60 bits per heavy atom. The second-order valence-electron chi connectivity index (χ2n) is 1.76. The van der Waals surface area contributed by atoms with E-state index < -0.39 is 11.8 Å². The maximum Gasteiger partial charge on any atom is 0.285 e. The van der Waals surface area contributed by atoms with Crippen LogP contribution >= 0.6 is 0 Å². The number of hydrogen-bond acceptors (Lipinski definition) is 3. The van der Waals surface area contributed by atoms with E-state index in [1.165, 1.54) is 6.08 Å². The van der Waals surface area contributed by atoms with Crippen LogP contribution in [0.25, 0.3) is 0 Å². The summed E-state index contributed by atoms with van der Waals surface area (Å²) in [6.45, 7) is 3.28. The Labute approximate surface area is 57.0 Å². The Kier molecular flexibility index (Phi) is 1.39. The third-order valence-corrected chi connectivity index (χ3v) is 1.15. The molecule has 0 atom stereocenters. The second kappa shape index (κ2) is 2.07. The molecule has 2 amide bonds. The molecule has 0 aliphatic carbocycles. The van der Waals surface area contributed by atoms with E-state index in [0.717, 1.165) is 6.08 Å². The van der Waals surface area contributed by atoms with Gasteiger partial charge in [0.25, 0.3) is 11.8 Å². The van der Waals surface area contributed by atoms with Gasteiger partial charge in [-0.25, -0.2) is 0 Å². The van der Waals surface area contributed by atoms with Gasteiger partial charge in [-0.1, -0.05) is 12.7 Å². The van der Waals surface area contributed by atoms with E-state index in [0.29, 0.717) is 0 Å². The molecule has 1 aliphatic rings. The molecule has 0 radical (unpaired) electrons. The molecule has 0 unspecified atom stereocenters. The van der Waals surface area contributed by atoms with Crippen molar-refractivity contribution in [2.45, 2.75) is 0 Å². The van der Waals surface area contributed by atoms with Crippen LogP contribution in [-0.4, -0.2) is 22.1 Å². The topological polar surface area (TPSA) is 57.6 Å². The van der Waals surface area contributed by atoms with Gasteiger partial charge in [0.2, 0.25) is 0 Å². The van der Waals surface area contributed by atoms with Crippen molar-refractivity contribution in [3.8, 4) is 0 Å². The molecule has 4 nitrogen and oxygen atoms in total. The van der Waals surface area contributed by atoms with E-state index in [4.69, 9.17) is 5.21 Å². The average molecular weight is 139 g/mol. The Morgan fingerprint density at radius 3 is 2.40 bits per heavy atom. The highest BCUT2D eigenvalue weighted by atomic mass is 16.5. The second-order valence-corrected chi connectivity index (χ2v) is 1.76. The SMILES string of the molecule is C=CC1=CC(=O)N(O)C1=O. The van der Waals surface area contributed by atoms with Crippen LogP contribution < -0.4 is 0 Å². The van der Waals surface area contributed by atoms with Crippen LogP contribution in [0.3, 0.4) is 0 Å². The third-order valence-electron chi connectivity index (χ3n) is 1.15. The summed E-state index contributed by atoms with van der Waals surface area (Å²) in [6.07, 6.45) is 2.24. The highest BCUT2D eigenvalue weighted by Gasteiger charge is 2.27. The first kappa shape index (κ1) is 6.70. The number of rotatable bonds is 1. The van der Waals surface area contributed by atoms with Crippen LogP contribution in [0.5, 0.6) is 0 Å². The summed E-state index contributed by atoms with van der Waals surface area (Å²) in [4.78, 5) is 21.1. The molecule has 0 aromatic carbocycles. The quantitative estimate of drug-likeness (QED) is 0.406. The molecule has 0 bridgehead atoms. The number of nitrogens with zero attached hydrogens (tertiary/aromatic N) is 1. The lowest BCUT2D eigenvalue weighted by molar-refractivity contribution is -0.169. The first-order valence-corrected chi connectivity index (χ1v) is 2.58. The lowest BCUT2D eigenvalue weighted by Gasteiger charge is -2.00. The van der Waals surface area contributed by atoms with Crippen LogP contribution in [0.15, 0.2) is 24.3 Å². The van der Waals surface area contributed by atoms with Crippen molar-refractivity contribution >= 4 is 11.8 Å². The van der Waals surface area contributed by atoms with Gasteiger partial charge in [-0.05, 0) is 0 Å². The van der Waals surface area contributed by atoms with Crippen LogP contribution in [0.1, 0.15) is 0 Å². The maximum absolute atomic E-state index is 10.7. The first-order chi connectivity index (χ1) is 4.66. The van der Waals surface area contributed by atoms with Crippen molar-refractivity contribution in [1.29, 1.82) is 0 Å². The summed E-state index contributed by atoms with van der Waals surface area (Å²) >= 11 is 0. The lowest BCUT2D eigenvalue weighted by atomic mass is 10.3. The molecule has 4 heteroatoms. The van der Waals surface area contributed by atoms with Crippen molar-refractivity contribution in [2.75, 3.05) is 0 Å². The molecule has 1 rings (SSSR count). The molecular formula is C6H5NO3. The molecule has 52 valence electrons. The predicted octanol–water partition coefficient (Wildman–Crippen LogP) is -0.143. The van der Waals surface area contributed by atoms with Gasteiger partial charge in [-0.2, -0.15) is 0 Å². The van der Waals surface area contributed by atoms with E-state index in [1.54, 1.807) is 0 Å². The summed E-state index contributed by atoms with van der Waals surface area (Å²) < 4.78 is 0. The fraction of sp³-hybridized carbons (Fsp3) is 0. The number of amides is 2. The van der Waals surface area contributed by atoms with Gasteiger partial charge < -0.3 is 0 Å². The van der Waals surface area contributed by atoms with E-state index in [9.17, 15) is 9.59 Å². The third kappa shape index (κ3) is 0.745. The van der Waals surface area contributed by atoms with E-state index in [-0.39, 0.29) is 10.6 Å². The number of carbonyl (C=O) groups is 2. The highest BCUT2D eigenvalue weighted by Crippen LogP contribution is 2.09. The minimum atomic E-state index is -0.722. The van der Waals surface area contributed by atoms with Crippen molar-refractivity contribution in [3.05, 3.63) is 24.3 Å². The zero-order valence-corrected chi connectivity index (χ0v) is 5.07. The number of imide groups is 1. The van der Waals surface area contributed by atoms with Crippen LogP contribution in [0.4, 0.5) is 0 Å². The standard InChI is InChI=1S/C6H5NO3/c1-2-4-3-5(8)7(10)6(4)9/h2-3,10H,1H2. The van der Waals surface area contributed by atoms with Gasteiger partial charge in [-0.3, -0.25) is 14.8 Å². The smallest absolute Gasteiger partial charge is 0.278 e. The van der Waals surface area contributed by atoms with Crippen molar-refractivity contribution in [2.24, 2.45) is 0 Å². The van der Waals surface area contributed by atoms with E-state index in [2.05, 4.69) is 6.58 Å². The predicted molar refractivity (Wildman–Crippen MR) is 31.9 cm³/mol. The van der Waals surface area contributed by atoms with Crippen molar-refractivity contribution in [3.63, 3.8) is 0 Å². The monoisotopic (exact) mass is 139 g/mol. The summed E-state index contributed by atoms with van der Waals surface area (Å²) in [5.41, 5.74) is 0.118. The van der Waals surface area contributed by atoms with Crippen LogP contribution in [0.2, 0.25) is 0 Å². The molecular weight excluding hydrogens is 134 g/mol.